The van der Waals surface area contributed by atoms with E-state index in [1.54, 1.807) is 9.25 Å². The van der Waals surface area contributed by atoms with Crippen LogP contribution in [-0.2, 0) is 6.54 Å². The van der Waals surface area contributed by atoms with Gasteiger partial charge in [0.15, 0.2) is 0 Å². The van der Waals surface area contributed by atoms with Gasteiger partial charge in [-0.3, -0.25) is 4.98 Å². The third kappa shape index (κ3) is 3.32. The van der Waals surface area contributed by atoms with E-state index in [4.69, 9.17) is 5.10 Å². The van der Waals surface area contributed by atoms with Gasteiger partial charge in [-0.1, -0.05) is 24.3 Å². The molecule has 0 saturated carbocycles. The number of hydrogen-bond donors (Lipinski definition) is 1. The Kier molecular flexibility index (Phi) is 4.67. The Morgan fingerprint density at radius 1 is 1.15 bits per heavy atom. The highest BCUT2D eigenvalue weighted by molar-refractivity contribution is 5.33. The molecule has 1 aliphatic heterocycles. The van der Waals surface area contributed by atoms with E-state index in [1.807, 2.05) is 55.5 Å². The highest BCUT2D eigenvalue weighted by atomic mass is 16.2. The van der Waals surface area contributed by atoms with E-state index in [-0.39, 0.29) is 11.6 Å². The molecule has 26 heavy (non-hydrogen) atoms. The van der Waals surface area contributed by atoms with E-state index < -0.39 is 0 Å². The molecule has 0 bridgehead atoms. The molecule has 1 N–H and O–H groups in total. The molecule has 3 aromatic rings. The topological polar surface area (TPSA) is 64.7 Å². The summed E-state index contributed by atoms with van der Waals surface area (Å²) >= 11 is 0. The van der Waals surface area contributed by atoms with Crippen LogP contribution in [0.2, 0.25) is 0 Å². The van der Waals surface area contributed by atoms with Crippen LogP contribution in [0, 0.1) is 6.92 Å². The van der Waals surface area contributed by atoms with E-state index in [2.05, 4.69) is 10.3 Å². The number of pyridine rings is 1. The van der Waals surface area contributed by atoms with Crippen molar-refractivity contribution < 1.29 is 0 Å². The molecule has 1 fully saturated rings. The van der Waals surface area contributed by atoms with Gasteiger partial charge in [-0.25, -0.2) is 14.0 Å². The lowest BCUT2D eigenvalue weighted by atomic mass is 9.99. The molecule has 0 amide bonds. The number of nitrogens with zero attached hydrogens (tertiary/aromatic N) is 4. The van der Waals surface area contributed by atoms with E-state index in [0.717, 1.165) is 48.8 Å². The largest absolute Gasteiger partial charge is 0.350 e. The molecule has 4 rings (SSSR count). The van der Waals surface area contributed by atoms with Crippen LogP contribution in [0.15, 0.2) is 53.3 Å². The molecule has 6 heteroatoms. The average Bonchev–Trinajstić information content (AvgIpc) is 2.99. The molecule has 0 radical (unpaired) electrons. The third-order valence-corrected chi connectivity index (χ3v) is 4.80. The second-order valence-corrected chi connectivity index (χ2v) is 6.78. The maximum atomic E-state index is 13.1. The van der Waals surface area contributed by atoms with Gasteiger partial charge in [0.05, 0.1) is 17.9 Å². The zero-order chi connectivity index (χ0) is 17.9. The zero-order valence-electron chi connectivity index (χ0n) is 14.9. The van der Waals surface area contributed by atoms with Gasteiger partial charge in [-0.2, -0.15) is 5.10 Å². The highest BCUT2D eigenvalue weighted by Gasteiger charge is 2.24. The van der Waals surface area contributed by atoms with Gasteiger partial charge in [0.1, 0.15) is 5.82 Å². The SMILES string of the molecule is Cc1cccc(Cn2nc(C3CCCNC3)n(-c3ccccc3)c2=O)n1. The fourth-order valence-corrected chi connectivity index (χ4v) is 3.52. The van der Waals surface area contributed by atoms with Crippen LogP contribution in [0.25, 0.3) is 5.69 Å². The van der Waals surface area contributed by atoms with Gasteiger partial charge in [-0.15, -0.1) is 0 Å². The molecular formula is C20H23N5O. The monoisotopic (exact) mass is 349 g/mol. The summed E-state index contributed by atoms with van der Waals surface area (Å²) in [6.07, 6.45) is 2.14. The Bertz CT molecular complexity index is 938. The lowest BCUT2D eigenvalue weighted by molar-refractivity contribution is 0.439. The summed E-state index contributed by atoms with van der Waals surface area (Å²) in [5, 5.41) is 8.14. The molecule has 0 spiro atoms. The van der Waals surface area contributed by atoms with E-state index in [0.29, 0.717) is 6.54 Å². The Morgan fingerprint density at radius 2 is 2.00 bits per heavy atom. The highest BCUT2D eigenvalue weighted by Crippen LogP contribution is 2.23. The molecule has 1 atom stereocenters. The van der Waals surface area contributed by atoms with Crippen LogP contribution in [0.5, 0.6) is 0 Å². The van der Waals surface area contributed by atoms with Crippen LogP contribution in [0.3, 0.4) is 0 Å². The molecule has 3 heterocycles. The smallest absolute Gasteiger partial charge is 0.316 e. The minimum atomic E-state index is -0.111. The quantitative estimate of drug-likeness (QED) is 0.785. The average molecular weight is 349 g/mol. The van der Waals surface area contributed by atoms with Gasteiger partial charge in [0.2, 0.25) is 0 Å². The van der Waals surface area contributed by atoms with Crippen molar-refractivity contribution in [3.05, 3.63) is 76.2 Å². The number of aryl methyl sites for hydroxylation is 1. The summed E-state index contributed by atoms with van der Waals surface area (Å²) in [4.78, 5) is 17.6. The zero-order valence-corrected chi connectivity index (χ0v) is 14.9. The predicted molar refractivity (Wildman–Crippen MR) is 101 cm³/mol. The molecule has 2 aromatic heterocycles. The number of aromatic nitrogens is 4. The second-order valence-electron chi connectivity index (χ2n) is 6.78. The van der Waals surface area contributed by atoms with Crippen LogP contribution in [0.4, 0.5) is 0 Å². The van der Waals surface area contributed by atoms with Crippen LogP contribution >= 0.6 is 0 Å². The minimum Gasteiger partial charge on any atom is -0.316 e. The number of hydrogen-bond acceptors (Lipinski definition) is 4. The standard InChI is InChI=1S/C20H23N5O/c1-15-7-5-9-17(22-15)14-24-20(26)25(18-10-3-2-4-11-18)19(23-24)16-8-6-12-21-13-16/h2-5,7,9-11,16,21H,6,8,12-14H2,1H3. The van der Waals surface area contributed by atoms with E-state index >= 15 is 0 Å². The predicted octanol–water partition coefficient (Wildman–Crippen LogP) is 2.25. The Balaban J connectivity index is 1.78. The van der Waals surface area contributed by atoms with Crippen molar-refractivity contribution in [3.8, 4) is 5.69 Å². The summed E-state index contributed by atoms with van der Waals surface area (Å²) in [6, 6.07) is 15.6. The summed E-state index contributed by atoms with van der Waals surface area (Å²) in [5.41, 5.74) is 2.54. The molecule has 6 nitrogen and oxygen atoms in total. The minimum absolute atomic E-state index is 0.111. The first-order valence-corrected chi connectivity index (χ1v) is 9.11. The molecule has 1 aromatic carbocycles. The first-order valence-electron chi connectivity index (χ1n) is 9.11. The molecule has 1 aliphatic rings. The van der Waals surface area contributed by atoms with Gasteiger partial charge in [-0.05, 0) is 50.6 Å². The summed E-state index contributed by atoms with van der Waals surface area (Å²) in [5.74, 6) is 1.07. The van der Waals surface area contributed by atoms with Crippen molar-refractivity contribution in [2.75, 3.05) is 13.1 Å². The molecule has 0 aliphatic carbocycles. The number of para-hydroxylation sites is 1. The summed E-state index contributed by atoms with van der Waals surface area (Å²) in [7, 11) is 0. The van der Waals surface area contributed by atoms with Gasteiger partial charge in [0.25, 0.3) is 0 Å². The Morgan fingerprint density at radius 3 is 2.73 bits per heavy atom. The second kappa shape index (κ2) is 7.25. The normalized spacial score (nSPS) is 17.3. The van der Waals surface area contributed by atoms with E-state index in [9.17, 15) is 4.79 Å². The Hall–Kier alpha value is -2.73. The van der Waals surface area contributed by atoms with Crippen molar-refractivity contribution in [1.29, 1.82) is 0 Å². The van der Waals surface area contributed by atoms with Crippen molar-refractivity contribution in [3.63, 3.8) is 0 Å². The lowest BCUT2D eigenvalue weighted by Gasteiger charge is -2.22. The van der Waals surface area contributed by atoms with Crippen LogP contribution < -0.4 is 11.0 Å². The first-order chi connectivity index (χ1) is 12.7. The van der Waals surface area contributed by atoms with Crippen LogP contribution in [-0.4, -0.2) is 32.4 Å². The van der Waals surface area contributed by atoms with Crippen LogP contribution in [0.1, 0.15) is 36.0 Å². The van der Waals surface area contributed by atoms with Crippen molar-refractivity contribution in [1.82, 2.24) is 24.6 Å². The van der Waals surface area contributed by atoms with E-state index in [1.165, 1.54) is 0 Å². The van der Waals surface area contributed by atoms with Crippen molar-refractivity contribution in [2.45, 2.75) is 32.2 Å². The first kappa shape index (κ1) is 16.7. The number of piperidine rings is 1. The molecule has 1 saturated heterocycles. The van der Waals surface area contributed by atoms with Gasteiger partial charge in [0, 0.05) is 18.2 Å². The maximum absolute atomic E-state index is 13.1. The van der Waals surface area contributed by atoms with Gasteiger partial charge >= 0.3 is 5.69 Å². The molecule has 1 unspecified atom stereocenters. The summed E-state index contributed by atoms with van der Waals surface area (Å²) < 4.78 is 3.30. The fourth-order valence-electron chi connectivity index (χ4n) is 3.52. The summed E-state index contributed by atoms with van der Waals surface area (Å²) in [6.45, 7) is 4.22. The molecule has 134 valence electrons. The molecular weight excluding hydrogens is 326 g/mol. The number of nitrogens with one attached hydrogen (secondary N) is 1. The maximum Gasteiger partial charge on any atom is 0.350 e. The number of benzene rings is 1. The van der Waals surface area contributed by atoms with Crippen molar-refractivity contribution >= 4 is 0 Å². The number of rotatable bonds is 4. The lowest BCUT2D eigenvalue weighted by Crippen LogP contribution is -2.31. The van der Waals surface area contributed by atoms with Crippen molar-refractivity contribution in [2.24, 2.45) is 0 Å². The third-order valence-electron chi connectivity index (χ3n) is 4.80. The fraction of sp³-hybridized carbons (Fsp3) is 0.350. The van der Waals surface area contributed by atoms with Gasteiger partial charge < -0.3 is 5.32 Å². The Labute approximate surface area is 152 Å².